The first-order valence-corrected chi connectivity index (χ1v) is 5.40. The van der Waals surface area contributed by atoms with Crippen LogP contribution in [-0.2, 0) is 32.9 Å². The molecule has 0 amide bonds. The normalized spacial score (nSPS) is 9.41. The van der Waals surface area contributed by atoms with Gasteiger partial charge in [-0.2, -0.15) is 35.9 Å². The third-order valence-electron chi connectivity index (χ3n) is 2.36. The van der Waals surface area contributed by atoms with E-state index in [1.165, 1.54) is 5.56 Å². The molecule has 89 valence electrons. The summed E-state index contributed by atoms with van der Waals surface area (Å²) in [6.45, 7) is 3.72. The van der Waals surface area contributed by atoms with Crippen LogP contribution in [0.4, 0.5) is 0 Å². The van der Waals surface area contributed by atoms with Crippen molar-refractivity contribution in [2.75, 3.05) is 0 Å². The average molecular weight is 401 g/mol. The summed E-state index contributed by atoms with van der Waals surface area (Å²) in [6.07, 6.45) is 3.54. The standard InChI is InChI=1S/C15H14N.Ir/c1-2-7-14-10-6-11-15(16-14)12-13-8-4-3-5-9-13;/h2-6,8,10-11H,1,7,12H2;/q-1;. The molecule has 2 heteroatoms. The fraction of sp³-hybridized carbons (Fsp3) is 0.133. The van der Waals surface area contributed by atoms with Gasteiger partial charge in [0.15, 0.2) is 0 Å². The summed E-state index contributed by atoms with van der Waals surface area (Å²) in [4.78, 5) is 4.57. The second-order valence-corrected chi connectivity index (χ2v) is 3.68. The number of hydrogen-bond acceptors (Lipinski definition) is 1. The van der Waals surface area contributed by atoms with Crippen LogP contribution in [0.25, 0.3) is 0 Å². The van der Waals surface area contributed by atoms with Gasteiger partial charge in [0, 0.05) is 37.9 Å². The quantitative estimate of drug-likeness (QED) is 0.567. The van der Waals surface area contributed by atoms with E-state index in [4.69, 9.17) is 0 Å². The topological polar surface area (TPSA) is 12.9 Å². The maximum Gasteiger partial charge on any atom is 0.0444 e. The van der Waals surface area contributed by atoms with Crippen molar-refractivity contribution in [3.8, 4) is 0 Å². The predicted octanol–water partition coefficient (Wildman–Crippen LogP) is 3.20. The van der Waals surface area contributed by atoms with Crippen LogP contribution in [0.1, 0.15) is 17.0 Å². The van der Waals surface area contributed by atoms with Gasteiger partial charge in [0.05, 0.1) is 0 Å². The number of benzene rings is 1. The summed E-state index contributed by atoms with van der Waals surface area (Å²) >= 11 is 0. The number of nitrogens with zero attached hydrogens (tertiary/aromatic N) is 1. The maximum absolute atomic E-state index is 4.57. The maximum atomic E-state index is 4.57. The number of hydrogen-bond donors (Lipinski definition) is 0. The van der Waals surface area contributed by atoms with Crippen LogP contribution in [-0.4, -0.2) is 4.98 Å². The zero-order valence-corrected chi connectivity index (χ0v) is 11.9. The van der Waals surface area contributed by atoms with Crippen LogP contribution < -0.4 is 0 Å². The van der Waals surface area contributed by atoms with Crippen molar-refractivity contribution < 1.29 is 20.1 Å². The van der Waals surface area contributed by atoms with Crippen LogP contribution in [0.5, 0.6) is 0 Å². The molecular formula is C15H14IrN-. The molecule has 1 aromatic heterocycles. The molecule has 17 heavy (non-hydrogen) atoms. The van der Waals surface area contributed by atoms with E-state index >= 15 is 0 Å². The first-order chi connectivity index (χ1) is 7.88. The van der Waals surface area contributed by atoms with Gasteiger partial charge >= 0.3 is 0 Å². The molecular weight excluding hydrogens is 386 g/mol. The van der Waals surface area contributed by atoms with Gasteiger partial charge in [-0.05, 0) is 18.6 Å². The first kappa shape index (κ1) is 13.8. The van der Waals surface area contributed by atoms with Crippen molar-refractivity contribution in [1.82, 2.24) is 4.98 Å². The third-order valence-corrected chi connectivity index (χ3v) is 2.36. The molecule has 0 saturated carbocycles. The van der Waals surface area contributed by atoms with E-state index in [1.54, 1.807) is 0 Å². The van der Waals surface area contributed by atoms with E-state index in [0.29, 0.717) is 0 Å². The molecule has 0 aliphatic rings. The van der Waals surface area contributed by atoms with Gasteiger partial charge in [-0.1, -0.05) is 12.1 Å². The van der Waals surface area contributed by atoms with Gasteiger partial charge in [-0.3, -0.25) is 4.98 Å². The number of aromatic nitrogens is 1. The summed E-state index contributed by atoms with van der Waals surface area (Å²) in [5.74, 6) is 0. The Morgan fingerprint density at radius 2 is 1.94 bits per heavy atom. The van der Waals surface area contributed by atoms with Gasteiger partial charge in [-0.25, -0.2) is 0 Å². The van der Waals surface area contributed by atoms with Crippen molar-refractivity contribution in [2.24, 2.45) is 0 Å². The summed E-state index contributed by atoms with van der Waals surface area (Å²) in [7, 11) is 0. The zero-order chi connectivity index (χ0) is 11.2. The molecule has 1 radical (unpaired) electrons. The summed E-state index contributed by atoms with van der Waals surface area (Å²) in [5, 5.41) is 0. The zero-order valence-electron chi connectivity index (χ0n) is 9.52. The van der Waals surface area contributed by atoms with E-state index < -0.39 is 0 Å². The first-order valence-electron chi connectivity index (χ1n) is 5.40. The molecule has 0 saturated heterocycles. The van der Waals surface area contributed by atoms with Gasteiger partial charge in [0.25, 0.3) is 0 Å². The van der Waals surface area contributed by atoms with Crippen LogP contribution in [0, 0.1) is 6.07 Å². The second-order valence-electron chi connectivity index (χ2n) is 3.68. The van der Waals surface area contributed by atoms with Crippen molar-refractivity contribution in [1.29, 1.82) is 0 Å². The molecule has 0 aliphatic carbocycles. The van der Waals surface area contributed by atoms with E-state index in [-0.39, 0.29) is 20.1 Å². The fourth-order valence-corrected chi connectivity index (χ4v) is 1.62. The van der Waals surface area contributed by atoms with Gasteiger partial charge in [-0.15, -0.1) is 6.58 Å². The molecule has 2 aromatic rings. The summed E-state index contributed by atoms with van der Waals surface area (Å²) < 4.78 is 0. The van der Waals surface area contributed by atoms with Gasteiger partial charge in [0.1, 0.15) is 0 Å². The second kappa shape index (κ2) is 7.16. The van der Waals surface area contributed by atoms with Crippen LogP contribution in [0.2, 0.25) is 0 Å². The minimum Gasteiger partial charge on any atom is -0.257 e. The molecule has 0 N–H and O–H groups in total. The van der Waals surface area contributed by atoms with Crippen LogP contribution in [0.15, 0.2) is 55.1 Å². The molecule has 1 nitrogen and oxygen atoms in total. The molecule has 0 spiro atoms. The van der Waals surface area contributed by atoms with Crippen molar-refractivity contribution >= 4 is 0 Å². The Morgan fingerprint density at radius 1 is 1.12 bits per heavy atom. The minimum absolute atomic E-state index is 0. The van der Waals surface area contributed by atoms with Crippen LogP contribution in [0.3, 0.4) is 0 Å². The Labute approximate surface area is 116 Å². The molecule has 1 heterocycles. The van der Waals surface area contributed by atoms with Gasteiger partial charge in [0.2, 0.25) is 0 Å². The summed E-state index contributed by atoms with van der Waals surface area (Å²) in [5.41, 5.74) is 3.33. The largest absolute Gasteiger partial charge is 0.257 e. The molecule has 0 aliphatic heterocycles. The van der Waals surface area contributed by atoms with Gasteiger partial charge < -0.3 is 0 Å². The minimum atomic E-state index is 0. The summed E-state index contributed by atoms with van der Waals surface area (Å²) in [6, 6.07) is 17.3. The van der Waals surface area contributed by atoms with E-state index in [0.717, 1.165) is 24.2 Å². The monoisotopic (exact) mass is 401 g/mol. The molecule has 0 unspecified atom stereocenters. The molecule has 1 aromatic carbocycles. The van der Waals surface area contributed by atoms with Crippen molar-refractivity contribution in [3.63, 3.8) is 0 Å². The Kier molecular flexibility index (Phi) is 5.82. The smallest absolute Gasteiger partial charge is 0.0444 e. The fourth-order valence-electron chi connectivity index (χ4n) is 1.62. The van der Waals surface area contributed by atoms with Crippen molar-refractivity contribution in [3.05, 3.63) is 78.1 Å². The van der Waals surface area contributed by atoms with Crippen LogP contribution >= 0.6 is 0 Å². The third kappa shape index (κ3) is 4.26. The van der Waals surface area contributed by atoms with E-state index in [9.17, 15) is 0 Å². The number of pyridine rings is 1. The van der Waals surface area contributed by atoms with Crippen molar-refractivity contribution in [2.45, 2.75) is 12.8 Å². The average Bonchev–Trinajstić information content (AvgIpc) is 2.31. The predicted molar refractivity (Wildman–Crippen MR) is 66.2 cm³/mol. The van der Waals surface area contributed by atoms with E-state index in [2.05, 4.69) is 23.7 Å². The molecule has 0 atom stereocenters. The molecule has 0 fully saturated rings. The number of allylic oxidation sites excluding steroid dienone is 1. The Hall–Kier alpha value is -1.24. The number of rotatable bonds is 4. The Balaban J connectivity index is 0.00000144. The molecule has 0 bridgehead atoms. The van der Waals surface area contributed by atoms with E-state index in [1.807, 2.05) is 42.5 Å². The Bertz CT molecular complexity index is 465. The molecule has 2 rings (SSSR count). The SMILES string of the molecule is C=CCc1cccc(Cc2[c-]cccc2)n1.[Ir]. The Morgan fingerprint density at radius 3 is 2.65 bits per heavy atom.